The minimum Gasteiger partial charge on any atom is -0.462 e. The minimum absolute atomic E-state index is 0.0587. The van der Waals surface area contributed by atoms with Crippen LogP contribution >= 0.6 is 0 Å². The number of allylic oxidation sites excluding steroid dienone is 3. The Kier molecular flexibility index (Phi) is 5.09. The summed E-state index contributed by atoms with van der Waals surface area (Å²) < 4.78 is 4.92. The van der Waals surface area contributed by atoms with Crippen molar-refractivity contribution in [2.75, 3.05) is 6.61 Å². The monoisotopic (exact) mass is 268 g/mol. The fourth-order valence-corrected chi connectivity index (χ4v) is 1.68. The van der Waals surface area contributed by atoms with E-state index < -0.39 is 5.97 Å². The van der Waals surface area contributed by atoms with Gasteiger partial charge in [-0.1, -0.05) is 6.92 Å². The van der Waals surface area contributed by atoms with Crippen LogP contribution in [0.1, 0.15) is 20.3 Å². The Morgan fingerprint density at radius 1 is 1.30 bits per heavy atom. The van der Waals surface area contributed by atoms with Crippen molar-refractivity contribution in [2.24, 2.45) is 0 Å². The summed E-state index contributed by atoms with van der Waals surface area (Å²) in [6, 6.07) is 5.32. The number of ether oxygens (including phenoxy) is 1. The first-order chi connectivity index (χ1) is 9.62. The van der Waals surface area contributed by atoms with E-state index in [2.05, 4.69) is 5.32 Å². The van der Waals surface area contributed by atoms with Gasteiger partial charge in [0.25, 0.3) is 0 Å². The van der Waals surface area contributed by atoms with Gasteiger partial charge >= 0.3 is 5.97 Å². The van der Waals surface area contributed by atoms with Crippen LogP contribution in [0.4, 0.5) is 0 Å². The summed E-state index contributed by atoms with van der Waals surface area (Å²) >= 11 is 0. The Labute approximate surface area is 116 Å². The SMILES string of the molecule is CCOC(=O)C1=C(CC)NC(=C(C#N)C#N)C(C#N)=C1. The number of nitrogens with one attached hydrogen (secondary N) is 1. The fraction of sp³-hybridized carbons (Fsp3) is 0.286. The van der Waals surface area contributed by atoms with E-state index >= 15 is 0 Å². The molecule has 0 atom stereocenters. The van der Waals surface area contributed by atoms with Gasteiger partial charge in [-0.2, -0.15) is 15.8 Å². The minimum atomic E-state index is -0.542. The molecule has 20 heavy (non-hydrogen) atoms. The van der Waals surface area contributed by atoms with Gasteiger partial charge in [0.1, 0.15) is 18.2 Å². The molecule has 0 aromatic carbocycles. The Hall–Kier alpha value is -3.04. The molecular formula is C14H12N4O2. The third-order valence-electron chi connectivity index (χ3n) is 2.60. The van der Waals surface area contributed by atoms with Crippen molar-refractivity contribution in [3.05, 3.63) is 34.2 Å². The second-order valence-electron chi connectivity index (χ2n) is 3.73. The highest BCUT2D eigenvalue weighted by atomic mass is 16.5. The smallest absolute Gasteiger partial charge is 0.339 e. The van der Waals surface area contributed by atoms with Crippen molar-refractivity contribution in [1.29, 1.82) is 15.8 Å². The molecule has 0 aromatic rings. The molecule has 1 N–H and O–H groups in total. The average molecular weight is 268 g/mol. The van der Waals surface area contributed by atoms with Crippen molar-refractivity contribution in [2.45, 2.75) is 20.3 Å². The number of rotatable bonds is 3. The van der Waals surface area contributed by atoms with E-state index in [0.717, 1.165) is 0 Å². The molecule has 0 radical (unpaired) electrons. The molecule has 0 spiro atoms. The molecule has 1 heterocycles. The van der Waals surface area contributed by atoms with Gasteiger partial charge in [-0.15, -0.1) is 0 Å². The number of nitriles is 3. The van der Waals surface area contributed by atoms with Crippen LogP contribution < -0.4 is 5.32 Å². The molecule has 0 unspecified atom stereocenters. The molecule has 0 aromatic heterocycles. The van der Waals surface area contributed by atoms with Crippen LogP contribution in [-0.2, 0) is 9.53 Å². The van der Waals surface area contributed by atoms with E-state index in [4.69, 9.17) is 20.5 Å². The van der Waals surface area contributed by atoms with Crippen LogP contribution in [0.15, 0.2) is 34.2 Å². The molecule has 0 saturated heterocycles. The fourth-order valence-electron chi connectivity index (χ4n) is 1.68. The average Bonchev–Trinajstić information content (AvgIpc) is 2.48. The highest BCUT2D eigenvalue weighted by Gasteiger charge is 2.24. The molecule has 0 fully saturated rings. The van der Waals surface area contributed by atoms with E-state index in [0.29, 0.717) is 12.1 Å². The molecule has 1 aliphatic rings. The predicted molar refractivity (Wildman–Crippen MR) is 69.0 cm³/mol. The number of hydrogen-bond acceptors (Lipinski definition) is 6. The summed E-state index contributed by atoms with van der Waals surface area (Å²) in [4.78, 5) is 11.8. The standard InChI is InChI=1S/C14H12N4O2/c1-3-12-11(14(19)20-4-2)5-9(6-15)13(18-12)10(7-16)8-17/h5,18H,3-4H2,1-2H3. The van der Waals surface area contributed by atoms with Gasteiger partial charge in [-0.05, 0) is 19.4 Å². The van der Waals surface area contributed by atoms with Gasteiger partial charge in [-0.3, -0.25) is 0 Å². The Balaban J connectivity index is 3.41. The number of dihydropyridines is 1. The van der Waals surface area contributed by atoms with Gasteiger partial charge < -0.3 is 10.1 Å². The normalized spacial score (nSPS) is 13.3. The van der Waals surface area contributed by atoms with Crippen molar-refractivity contribution < 1.29 is 9.53 Å². The lowest BCUT2D eigenvalue weighted by Gasteiger charge is -2.20. The molecule has 1 aliphatic heterocycles. The Morgan fingerprint density at radius 3 is 2.40 bits per heavy atom. The number of nitrogens with zero attached hydrogens (tertiary/aromatic N) is 3. The largest absolute Gasteiger partial charge is 0.462 e. The summed E-state index contributed by atoms with van der Waals surface area (Å²) in [6.07, 6.45) is 1.81. The van der Waals surface area contributed by atoms with Crippen LogP contribution in [0.5, 0.6) is 0 Å². The van der Waals surface area contributed by atoms with Crippen molar-refractivity contribution >= 4 is 5.97 Å². The van der Waals surface area contributed by atoms with Gasteiger partial charge in [-0.25, -0.2) is 4.79 Å². The molecule has 6 nitrogen and oxygen atoms in total. The zero-order valence-electron chi connectivity index (χ0n) is 11.1. The number of hydrogen-bond donors (Lipinski definition) is 1. The van der Waals surface area contributed by atoms with Gasteiger partial charge in [0, 0.05) is 5.70 Å². The van der Waals surface area contributed by atoms with Crippen molar-refractivity contribution in [3.63, 3.8) is 0 Å². The predicted octanol–water partition coefficient (Wildman–Crippen LogP) is 1.57. The number of carbonyl (C=O) groups is 1. The van der Waals surface area contributed by atoms with Gasteiger partial charge in [0.15, 0.2) is 5.57 Å². The van der Waals surface area contributed by atoms with Crippen LogP contribution in [-0.4, -0.2) is 12.6 Å². The summed E-state index contributed by atoms with van der Waals surface area (Å²) in [5, 5.41) is 29.7. The summed E-state index contributed by atoms with van der Waals surface area (Å²) in [6.45, 7) is 3.71. The van der Waals surface area contributed by atoms with E-state index in [1.165, 1.54) is 6.08 Å². The molecule has 0 bridgehead atoms. The van der Waals surface area contributed by atoms with Gasteiger partial charge in [0.2, 0.25) is 0 Å². The van der Waals surface area contributed by atoms with Crippen LogP contribution in [0.2, 0.25) is 0 Å². The van der Waals surface area contributed by atoms with Crippen LogP contribution in [0.3, 0.4) is 0 Å². The van der Waals surface area contributed by atoms with E-state index in [1.54, 1.807) is 19.1 Å². The molecular weight excluding hydrogens is 256 g/mol. The molecule has 0 saturated carbocycles. The number of esters is 1. The lowest BCUT2D eigenvalue weighted by molar-refractivity contribution is -0.138. The molecule has 1 rings (SSSR count). The maximum absolute atomic E-state index is 11.8. The van der Waals surface area contributed by atoms with Crippen molar-refractivity contribution in [1.82, 2.24) is 5.32 Å². The first-order valence-corrected chi connectivity index (χ1v) is 5.96. The summed E-state index contributed by atoms with van der Waals surface area (Å²) in [7, 11) is 0. The molecule has 0 amide bonds. The van der Waals surface area contributed by atoms with E-state index in [1.807, 2.05) is 13.0 Å². The number of carbonyl (C=O) groups excluding carboxylic acids is 1. The maximum atomic E-state index is 11.8. The van der Waals surface area contributed by atoms with Crippen LogP contribution in [0, 0.1) is 34.0 Å². The summed E-state index contributed by atoms with van der Waals surface area (Å²) in [5.74, 6) is -0.542. The molecule has 0 aliphatic carbocycles. The lowest BCUT2D eigenvalue weighted by Crippen LogP contribution is -2.24. The maximum Gasteiger partial charge on any atom is 0.339 e. The quantitative estimate of drug-likeness (QED) is 0.614. The topological polar surface area (TPSA) is 110 Å². The zero-order valence-corrected chi connectivity index (χ0v) is 11.1. The molecule has 6 heteroatoms. The van der Waals surface area contributed by atoms with Crippen LogP contribution in [0.25, 0.3) is 0 Å². The van der Waals surface area contributed by atoms with Gasteiger partial charge in [0.05, 0.1) is 23.5 Å². The van der Waals surface area contributed by atoms with E-state index in [9.17, 15) is 4.79 Å². The van der Waals surface area contributed by atoms with E-state index in [-0.39, 0.29) is 29.0 Å². The highest BCUT2D eigenvalue weighted by Crippen LogP contribution is 2.24. The summed E-state index contributed by atoms with van der Waals surface area (Å²) in [5.41, 5.74) is 0.739. The first-order valence-electron chi connectivity index (χ1n) is 5.96. The molecule has 100 valence electrons. The zero-order chi connectivity index (χ0) is 15.1. The first kappa shape index (κ1) is 15.0. The highest BCUT2D eigenvalue weighted by molar-refractivity contribution is 5.94. The lowest BCUT2D eigenvalue weighted by atomic mass is 9.98. The third kappa shape index (κ3) is 2.85. The Morgan fingerprint density at radius 2 is 1.95 bits per heavy atom. The third-order valence-corrected chi connectivity index (χ3v) is 2.60. The van der Waals surface area contributed by atoms with Crippen molar-refractivity contribution in [3.8, 4) is 18.2 Å². The Bertz CT molecular complexity index is 632. The second kappa shape index (κ2) is 6.78. The second-order valence-corrected chi connectivity index (χ2v) is 3.73.